The summed E-state index contributed by atoms with van der Waals surface area (Å²) < 4.78 is 0. The van der Waals surface area contributed by atoms with Gasteiger partial charge in [-0.25, -0.2) is 0 Å². The van der Waals surface area contributed by atoms with Crippen molar-refractivity contribution in [1.29, 1.82) is 0 Å². The van der Waals surface area contributed by atoms with Crippen molar-refractivity contribution in [2.24, 2.45) is 0 Å². The monoisotopic (exact) mass is 343 g/mol. The third-order valence-corrected chi connectivity index (χ3v) is 5.94. The molecule has 0 heterocycles. The molecule has 0 saturated carbocycles. The Morgan fingerprint density at radius 2 is 1.32 bits per heavy atom. The Morgan fingerprint density at radius 1 is 0.720 bits per heavy atom. The number of hydrogen-bond donors (Lipinski definition) is 1. The van der Waals surface area contributed by atoms with Crippen molar-refractivity contribution in [3.8, 4) is 0 Å². The van der Waals surface area contributed by atoms with Crippen LogP contribution in [0.2, 0.25) is 0 Å². The Bertz CT molecular complexity index is 436. The Balaban J connectivity index is 1.70. The summed E-state index contributed by atoms with van der Waals surface area (Å²) in [4.78, 5) is 0. The molecular weight excluding hydrogens is 302 g/mol. The number of rotatable bonds is 13. The first-order valence-electron chi connectivity index (χ1n) is 11.2. The van der Waals surface area contributed by atoms with Gasteiger partial charge in [0.1, 0.15) is 0 Å². The fourth-order valence-corrected chi connectivity index (χ4v) is 4.23. The van der Waals surface area contributed by atoms with Gasteiger partial charge in [0.05, 0.1) is 0 Å². The van der Waals surface area contributed by atoms with E-state index in [9.17, 15) is 0 Å². The second-order valence-electron chi connectivity index (χ2n) is 8.06. The zero-order chi connectivity index (χ0) is 17.7. The molecular formula is C24H41N. The van der Waals surface area contributed by atoms with Gasteiger partial charge in [-0.15, -0.1) is 0 Å². The van der Waals surface area contributed by atoms with E-state index in [1.165, 1.54) is 95.6 Å². The number of nitrogens with one attached hydrogen (secondary N) is 1. The van der Waals surface area contributed by atoms with E-state index in [-0.39, 0.29) is 0 Å². The number of benzene rings is 1. The standard InChI is InChI=1S/C24H41N/c1-3-5-7-8-9-10-12-20-25-24-19-18-21(13-11-6-4-2)22-14-16-23(24)17-15-22/h14-17,21,24-25H,3-13,18-20H2,1-2H3. The molecule has 2 aliphatic rings. The quantitative estimate of drug-likeness (QED) is 0.365. The van der Waals surface area contributed by atoms with E-state index in [0.29, 0.717) is 6.04 Å². The van der Waals surface area contributed by atoms with Crippen LogP contribution in [0.5, 0.6) is 0 Å². The summed E-state index contributed by atoms with van der Waals surface area (Å²) in [5, 5.41) is 3.86. The molecule has 1 nitrogen and oxygen atoms in total. The van der Waals surface area contributed by atoms with Gasteiger partial charge in [0.15, 0.2) is 0 Å². The molecule has 1 N–H and O–H groups in total. The van der Waals surface area contributed by atoms with Crippen molar-refractivity contribution < 1.29 is 0 Å². The van der Waals surface area contributed by atoms with Crippen LogP contribution in [0.25, 0.3) is 0 Å². The van der Waals surface area contributed by atoms with Gasteiger partial charge in [-0.1, -0.05) is 95.9 Å². The first kappa shape index (κ1) is 20.5. The Kier molecular flexibility index (Phi) is 10.3. The molecule has 0 fully saturated rings. The molecule has 0 amide bonds. The maximum Gasteiger partial charge on any atom is 0.0320 e. The van der Waals surface area contributed by atoms with Gasteiger partial charge in [0.2, 0.25) is 0 Å². The highest BCUT2D eigenvalue weighted by Gasteiger charge is 2.20. The van der Waals surface area contributed by atoms with Crippen LogP contribution in [-0.2, 0) is 0 Å². The number of hydrogen-bond acceptors (Lipinski definition) is 1. The van der Waals surface area contributed by atoms with E-state index in [4.69, 9.17) is 0 Å². The summed E-state index contributed by atoms with van der Waals surface area (Å²) in [7, 11) is 0. The highest BCUT2D eigenvalue weighted by molar-refractivity contribution is 5.29. The van der Waals surface area contributed by atoms with Crippen molar-refractivity contribution in [2.45, 2.75) is 109 Å². The van der Waals surface area contributed by atoms with Crippen LogP contribution in [0.4, 0.5) is 0 Å². The molecule has 1 aromatic rings. The van der Waals surface area contributed by atoms with Gasteiger partial charge >= 0.3 is 0 Å². The molecule has 0 spiro atoms. The predicted molar refractivity (Wildman–Crippen MR) is 111 cm³/mol. The number of unbranched alkanes of at least 4 members (excludes halogenated alkanes) is 8. The molecule has 142 valence electrons. The van der Waals surface area contributed by atoms with Gasteiger partial charge < -0.3 is 5.32 Å². The lowest BCUT2D eigenvalue weighted by molar-refractivity contribution is 0.424. The second kappa shape index (κ2) is 12.5. The minimum absolute atomic E-state index is 0.572. The van der Waals surface area contributed by atoms with Crippen molar-refractivity contribution in [3.05, 3.63) is 35.4 Å². The van der Waals surface area contributed by atoms with Crippen LogP contribution >= 0.6 is 0 Å². The molecule has 25 heavy (non-hydrogen) atoms. The average molecular weight is 344 g/mol. The zero-order valence-corrected chi connectivity index (χ0v) is 16.9. The molecule has 1 aromatic carbocycles. The van der Waals surface area contributed by atoms with Crippen LogP contribution in [0, 0.1) is 0 Å². The maximum absolute atomic E-state index is 3.86. The predicted octanol–water partition coefficient (Wildman–Crippen LogP) is 7.53. The fourth-order valence-electron chi connectivity index (χ4n) is 4.23. The molecule has 0 aromatic heterocycles. The first-order chi connectivity index (χ1) is 12.3. The van der Waals surface area contributed by atoms with Crippen LogP contribution in [-0.4, -0.2) is 6.54 Å². The van der Waals surface area contributed by atoms with Crippen molar-refractivity contribution in [2.75, 3.05) is 6.54 Å². The molecule has 2 bridgehead atoms. The van der Waals surface area contributed by atoms with Crippen LogP contribution in [0.3, 0.4) is 0 Å². The molecule has 2 atom stereocenters. The van der Waals surface area contributed by atoms with Crippen LogP contribution in [0.15, 0.2) is 24.3 Å². The van der Waals surface area contributed by atoms with Crippen LogP contribution in [0.1, 0.15) is 120 Å². The fraction of sp³-hybridized carbons (Fsp3) is 0.750. The summed E-state index contributed by atoms with van der Waals surface area (Å²) in [5.41, 5.74) is 3.07. The lowest BCUT2D eigenvalue weighted by Crippen LogP contribution is -2.24. The minimum Gasteiger partial charge on any atom is -0.310 e. The van der Waals surface area contributed by atoms with E-state index >= 15 is 0 Å². The maximum atomic E-state index is 3.86. The normalized spacial score (nSPS) is 19.8. The lowest BCUT2D eigenvalue weighted by Gasteiger charge is -2.27. The molecule has 3 rings (SSSR count). The van der Waals surface area contributed by atoms with E-state index in [1.54, 1.807) is 5.56 Å². The Hall–Kier alpha value is -0.820. The van der Waals surface area contributed by atoms with Crippen molar-refractivity contribution >= 4 is 0 Å². The Labute approximate surface area is 157 Å². The minimum atomic E-state index is 0.572. The summed E-state index contributed by atoms with van der Waals surface area (Å²) in [6.45, 7) is 5.77. The highest BCUT2D eigenvalue weighted by Crippen LogP contribution is 2.34. The molecule has 2 aliphatic carbocycles. The second-order valence-corrected chi connectivity index (χ2v) is 8.06. The first-order valence-corrected chi connectivity index (χ1v) is 11.2. The molecule has 2 unspecified atom stereocenters. The SMILES string of the molecule is CCCCCCCCCNC1CCC(CCCCC)c2ccc1cc2. The van der Waals surface area contributed by atoms with E-state index in [1.807, 2.05) is 0 Å². The third kappa shape index (κ3) is 7.52. The van der Waals surface area contributed by atoms with E-state index in [0.717, 1.165) is 5.92 Å². The summed E-state index contributed by atoms with van der Waals surface area (Å²) in [6, 6.07) is 10.1. The van der Waals surface area contributed by atoms with E-state index < -0.39 is 0 Å². The van der Waals surface area contributed by atoms with E-state index in [2.05, 4.69) is 43.4 Å². The molecule has 0 aliphatic heterocycles. The highest BCUT2D eigenvalue weighted by atomic mass is 14.9. The van der Waals surface area contributed by atoms with Gasteiger partial charge in [0, 0.05) is 6.04 Å². The van der Waals surface area contributed by atoms with Gasteiger partial charge in [-0.3, -0.25) is 0 Å². The lowest BCUT2D eigenvalue weighted by atomic mass is 9.83. The smallest absolute Gasteiger partial charge is 0.0320 e. The zero-order valence-electron chi connectivity index (χ0n) is 16.9. The summed E-state index contributed by atoms with van der Waals surface area (Å²) >= 11 is 0. The summed E-state index contributed by atoms with van der Waals surface area (Å²) in [5.74, 6) is 0.781. The van der Waals surface area contributed by atoms with Gasteiger partial charge in [0.25, 0.3) is 0 Å². The molecule has 0 radical (unpaired) electrons. The summed E-state index contributed by atoms with van der Waals surface area (Å²) in [6.07, 6.45) is 17.9. The van der Waals surface area contributed by atoms with Crippen molar-refractivity contribution in [3.63, 3.8) is 0 Å². The third-order valence-electron chi connectivity index (χ3n) is 5.94. The topological polar surface area (TPSA) is 12.0 Å². The molecule has 1 heteroatoms. The Morgan fingerprint density at radius 3 is 2.04 bits per heavy atom. The largest absolute Gasteiger partial charge is 0.310 e. The van der Waals surface area contributed by atoms with Gasteiger partial charge in [-0.2, -0.15) is 0 Å². The van der Waals surface area contributed by atoms with Crippen LogP contribution < -0.4 is 5.32 Å². The number of fused-ring (bicyclic) bond motifs is 5. The van der Waals surface area contributed by atoms with Gasteiger partial charge in [-0.05, 0) is 49.3 Å². The molecule has 0 saturated heterocycles. The average Bonchev–Trinajstić information content (AvgIpc) is 2.63. The van der Waals surface area contributed by atoms with Crippen molar-refractivity contribution in [1.82, 2.24) is 5.32 Å².